The van der Waals surface area contributed by atoms with Crippen LogP contribution in [-0.2, 0) is 4.79 Å². The zero-order valence-corrected chi connectivity index (χ0v) is 10.8. The minimum absolute atomic E-state index is 0.0620. The molecule has 0 atom stereocenters. The predicted molar refractivity (Wildman–Crippen MR) is 67.9 cm³/mol. The molecule has 1 N–H and O–H groups in total. The van der Waals surface area contributed by atoms with Gasteiger partial charge in [-0.2, -0.15) is 0 Å². The number of hydrogen-bond donors (Lipinski definition) is 1. The molecule has 0 unspecified atom stereocenters. The molecule has 4 nitrogen and oxygen atoms in total. The van der Waals surface area contributed by atoms with E-state index in [2.05, 4.69) is 0 Å². The number of carbonyl (C=O) groups excluding carboxylic acids is 1. The molecule has 1 aromatic carbocycles. The molecule has 18 heavy (non-hydrogen) atoms. The molecule has 0 saturated heterocycles. The Morgan fingerprint density at radius 2 is 2.11 bits per heavy atom. The van der Waals surface area contributed by atoms with Crippen LogP contribution in [0.2, 0.25) is 5.02 Å². The van der Waals surface area contributed by atoms with Crippen molar-refractivity contribution >= 4 is 23.5 Å². The second kappa shape index (κ2) is 4.98. The lowest BCUT2D eigenvalue weighted by molar-refractivity contribution is -0.137. The fraction of sp³-hybridized carbons (Fsp3) is 0.385. The lowest BCUT2D eigenvalue weighted by Gasteiger charge is -2.21. The van der Waals surface area contributed by atoms with Gasteiger partial charge in [0.1, 0.15) is 6.54 Å². The molecule has 1 aliphatic rings. The summed E-state index contributed by atoms with van der Waals surface area (Å²) in [7, 11) is 0. The van der Waals surface area contributed by atoms with Gasteiger partial charge in [-0.05, 0) is 37.5 Å². The summed E-state index contributed by atoms with van der Waals surface area (Å²) in [5, 5.41) is 9.38. The fourth-order valence-electron chi connectivity index (χ4n) is 1.89. The van der Waals surface area contributed by atoms with Crippen molar-refractivity contribution in [1.82, 2.24) is 4.90 Å². The van der Waals surface area contributed by atoms with Crippen molar-refractivity contribution in [3.05, 3.63) is 34.3 Å². The van der Waals surface area contributed by atoms with Crippen LogP contribution in [0.1, 0.15) is 28.8 Å². The van der Waals surface area contributed by atoms with Crippen LogP contribution in [0.4, 0.5) is 0 Å². The third kappa shape index (κ3) is 2.64. The Morgan fingerprint density at radius 1 is 1.44 bits per heavy atom. The molecule has 1 amide bonds. The topological polar surface area (TPSA) is 57.6 Å². The van der Waals surface area contributed by atoms with E-state index in [1.54, 1.807) is 25.1 Å². The average molecular weight is 268 g/mol. The van der Waals surface area contributed by atoms with Crippen molar-refractivity contribution in [1.29, 1.82) is 0 Å². The highest BCUT2D eigenvalue weighted by atomic mass is 35.5. The van der Waals surface area contributed by atoms with E-state index in [0.717, 1.165) is 12.8 Å². The first-order valence-electron chi connectivity index (χ1n) is 5.78. The van der Waals surface area contributed by atoms with Gasteiger partial charge >= 0.3 is 5.97 Å². The van der Waals surface area contributed by atoms with Gasteiger partial charge in [0, 0.05) is 16.6 Å². The van der Waals surface area contributed by atoms with E-state index in [1.807, 2.05) is 0 Å². The zero-order chi connectivity index (χ0) is 13.3. The lowest BCUT2D eigenvalue weighted by Crippen LogP contribution is -2.37. The minimum atomic E-state index is -0.991. The number of amides is 1. The Morgan fingerprint density at radius 3 is 2.67 bits per heavy atom. The fourth-order valence-corrected chi connectivity index (χ4v) is 2.07. The number of benzene rings is 1. The van der Waals surface area contributed by atoms with Crippen LogP contribution in [0.3, 0.4) is 0 Å². The van der Waals surface area contributed by atoms with Crippen LogP contribution in [0.25, 0.3) is 0 Å². The van der Waals surface area contributed by atoms with Gasteiger partial charge in [-0.25, -0.2) is 0 Å². The van der Waals surface area contributed by atoms with Gasteiger partial charge < -0.3 is 10.0 Å². The molecule has 0 aliphatic heterocycles. The third-order valence-corrected chi connectivity index (χ3v) is 3.46. The van der Waals surface area contributed by atoms with Crippen LogP contribution < -0.4 is 0 Å². The maximum atomic E-state index is 12.3. The molecule has 0 radical (unpaired) electrons. The first kappa shape index (κ1) is 12.9. The molecule has 0 spiro atoms. The summed E-state index contributed by atoms with van der Waals surface area (Å²) in [6.07, 6.45) is 1.75. The number of nitrogens with zero attached hydrogens (tertiary/aromatic N) is 1. The van der Waals surface area contributed by atoms with Crippen LogP contribution in [0.5, 0.6) is 0 Å². The first-order valence-corrected chi connectivity index (χ1v) is 6.16. The second-order valence-corrected chi connectivity index (χ2v) is 4.88. The quantitative estimate of drug-likeness (QED) is 0.911. The predicted octanol–water partition coefficient (Wildman–Crippen LogP) is 2.34. The normalized spacial score (nSPS) is 14.3. The number of hydrogen-bond acceptors (Lipinski definition) is 2. The van der Waals surface area contributed by atoms with Gasteiger partial charge in [0.2, 0.25) is 0 Å². The van der Waals surface area contributed by atoms with Gasteiger partial charge in [-0.1, -0.05) is 17.7 Å². The van der Waals surface area contributed by atoms with Gasteiger partial charge in [0.15, 0.2) is 0 Å². The van der Waals surface area contributed by atoms with E-state index < -0.39 is 5.97 Å². The molecular weight excluding hydrogens is 254 g/mol. The molecule has 0 bridgehead atoms. The van der Waals surface area contributed by atoms with Gasteiger partial charge in [-0.15, -0.1) is 0 Å². The summed E-state index contributed by atoms with van der Waals surface area (Å²) in [6.45, 7) is 1.51. The summed E-state index contributed by atoms with van der Waals surface area (Å²) in [4.78, 5) is 24.6. The van der Waals surface area contributed by atoms with Crippen molar-refractivity contribution in [2.75, 3.05) is 6.54 Å². The Kier molecular flexibility index (Phi) is 3.57. The van der Waals surface area contributed by atoms with Crippen molar-refractivity contribution in [2.24, 2.45) is 0 Å². The second-order valence-electron chi connectivity index (χ2n) is 4.47. The molecule has 0 heterocycles. The van der Waals surface area contributed by atoms with Crippen molar-refractivity contribution in [3.8, 4) is 0 Å². The minimum Gasteiger partial charge on any atom is -0.480 e. The highest BCUT2D eigenvalue weighted by molar-refractivity contribution is 6.31. The van der Waals surface area contributed by atoms with E-state index in [4.69, 9.17) is 16.7 Å². The summed E-state index contributed by atoms with van der Waals surface area (Å²) in [5.74, 6) is -1.24. The van der Waals surface area contributed by atoms with E-state index in [0.29, 0.717) is 16.1 Å². The summed E-state index contributed by atoms with van der Waals surface area (Å²) < 4.78 is 0. The molecule has 1 aliphatic carbocycles. The largest absolute Gasteiger partial charge is 0.480 e. The summed E-state index contributed by atoms with van der Waals surface area (Å²) >= 11 is 5.98. The standard InChI is InChI=1S/C13H14ClNO3/c1-8-10(3-2-4-11(8)14)13(18)15(7-12(16)17)9-5-6-9/h2-4,9H,5-7H2,1H3,(H,16,17). The first-order chi connectivity index (χ1) is 8.50. The highest BCUT2D eigenvalue weighted by Gasteiger charge is 2.34. The van der Waals surface area contributed by atoms with E-state index in [-0.39, 0.29) is 18.5 Å². The monoisotopic (exact) mass is 267 g/mol. The van der Waals surface area contributed by atoms with Crippen LogP contribution in [-0.4, -0.2) is 34.5 Å². The van der Waals surface area contributed by atoms with Crippen molar-refractivity contribution in [3.63, 3.8) is 0 Å². The third-order valence-electron chi connectivity index (χ3n) is 3.05. The average Bonchev–Trinajstić information content (AvgIpc) is 3.12. The van der Waals surface area contributed by atoms with Crippen LogP contribution in [0.15, 0.2) is 18.2 Å². The Balaban J connectivity index is 2.27. The maximum Gasteiger partial charge on any atom is 0.323 e. The summed E-state index contributed by atoms with van der Waals surface area (Å²) in [6, 6.07) is 5.16. The smallest absolute Gasteiger partial charge is 0.323 e. The van der Waals surface area contributed by atoms with Gasteiger partial charge in [-0.3, -0.25) is 9.59 Å². The lowest BCUT2D eigenvalue weighted by atomic mass is 10.1. The van der Waals surface area contributed by atoms with Crippen LogP contribution in [0, 0.1) is 6.92 Å². The van der Waals surface area contributed by atoms with Crippen LogP contribution >= 0.6 is 11.6 Å². The summed E-state index contributed by atoms with van der Waals surface area (Å²) in [5.41, 5.74) is 1.18. The molecule has 5 heteroatoms. The Labute approximate surface area is 110 Å². The number of rotatable bonds is 4. The van der Waals surface area contributed by atoms with Crippen molar-refractivity contribution in [2.45, 2.75) is 25.8 Å². The highest BCUT2D eigenvalue weighted by Crippen LogP contribution is 2.29. The molecule has 2 rings (SSSR count). The number of carbonyl (C=O) groups is 2. The zero-order valence-electron chi connectivity index (χ0n) is 10.0. The van der Waals surface area contributed by atoms with Gasteiger partial charge in [0.25, 0.3) is 5.91 Å². The molecule has 0 aromatic heterocycles. The van der Waals surface area contributed by atoms with E-state index >= 15 is 0 Å². The van der Waals surface area contributed by atoms with E-state index in [1.165, 1.54) is 4.90 Å². The molecule has 1 fully saturated rings. The molecular formula is C13H14ClNO3. The van der Waals surface area contributed by atoms with E-state index in [9.17, 15) is 9.59 Å². The number of carboxylic acid groups (broad SMARTS) is 1. The number of halogens is 1. The number of aliphatic carboxylic acids is 1. The molecule has 1 saturated carbocycles. The maximum absolute atomic E-state index is 12.3. The van der Waals surface area contributed by atoms with Crippen molar-refractivity contribution < 1.29 is 14.7 Å². The SMILES string of the molecule is Cc1c(Cl)cccc1C(=O)N(CC(=O)O)C1CC1. The number of carboxylic acids is 1. The molecule has 96 valence electrons. The molecule has 1 aromatic rings. The van der Waals surface area contributed by atoms with Gasteiger partial charge in [0.05, 0.1) is 0 Å². The Bertz CT molecular complexity index is 497. The Hall–Kier alpha value is -1.55.